The number of hydrogen-bond donors (Lipinski definition) is 1. The maximum atomic E-state index is 5.82. The number of ether oxygens (including phenoxy) is 1. The first-order valence-corrected chi connectivity index (χ1v) is 4.04. The molecule has 1 N–H and O–H groups in total. The van der Waals surface area contributed by atoms with Crippen molar-refractivity contribution in [2.24, 2.45) is 0 Å². The number of aromatic nitrogens is 2. The third-order valence-electron chi connectivity index (χ3n) is 1.65. The molecule has 2 rings (SSSR count). The van der Waals surface area contributed by atoms with Gasteiger partial charge in [0.25, 0.3) is 0 Å². The topological polar surface area (TPSA) is 47.0 Å². The average molecular weight is 186 g/mol. The zero-order chi connectivity index (χ0) is 8.39. The second kappa shape index (κ2) is 3.25. The smallest absolute Gasteiger partial charge is 0.148 e. The van der Waals surface area contributed by atoms with Crippen molar-refractivity contribution in [3.8, 4) is 0 Å². The van der Waals surface area contributed by atoms with Gasteiger partial charge in [-0.1, -0.05) is 11.6 Å². The fourth-order valence-electron chi connectivity index (χ4n) is 0.931. The van der Waals surface area contributed by atoms with Crippen LogP contribution in [0.4, 0.5) is 5.82 Å². The molecule has 0 saturated carbocycles. The van der Waals surface area contributed by atoms with E-state index in [1.54, 1.807) is 6.20 Å². The lowest BCUT2D eigenvalue weighted by Crippen LogP contribution is -2.40. The predicted molar refractivity (Wildman–Crippen MR) is 45.3 cm³/mol. The SMILES string of the molecule is Clc1cncnc1NC1COC1. The summed E-state index contributed by atoms with van der Waals surface area (Å²) in [5, 5.41) is 3.68. The van der Waals surface area contributed by atoms with E-state index >= 15 is 0 Å². The summed E-state index contributed by atoms with van der Waals surface area (Å²) in [6, 6.07) is 0.345. The first kappa shape index (κ1) is 7.76. The Morgan fingerprint density at radius 1 is 1.58 bits per heavy atom. The Hall–Kier alpha value is -0.870. The molecule has 5 heteroatoms. The van der Waals surface area contributed by atoms with E-state index in [1.807, 2.05) is 0 Å². The highest BCUT2D eigenvalue weighted by atomic mass is 35.5. The van der Waals surface area contributed by atoms with Crippen LogP contribution < -0.4 is 5.32 Å². The first-order chi connectivity index (χ1) is 5.86. The molecule has 0 atom stereocenters. The minimum Gasteiger partial charge on any atom is -0.377 e. The monoisotopic (exact) mass is 185 g/mol. The Labute approximate surface area is 74.9 Å². The Balaban J connectivity index is 2.06. The van der Waals surface area contributed by atoms with E-state index in [2.05, 4.69) is 15.3 Å². The number of nitrogens with zero attached hydrogens (tertiary/aromatic N) is 2. The highest BCUT2D eigenvalue weighted by molar-refractivity contribution is 6.32. The van der Waals surface area contributed by atoms with Crippen molar-refractivity contribution in [3.05, 3.63) is 17.5 Å². The van der Waals surface area contributed by atoms with Crippen LogP contribution in [-0.4, -0.2) is 29.2 Å². The standard InChI is InChI=1S/C7H8ClN3O/c8-6-1-9-4-10-7(6)11-5-2-12-3-5/h1,4-5H,2-3H2,(H,9,10,11). The van der Waals surface area contributed by atoms with E-state index < -0.39 is 0 Å². The van der Waals surface area contributed by atoms with Gasteiger partial charge in [0.15, 0.2) is 0 Å². The maximum Gasteiger partial charge on any atom is 0.148 e. The molecule has 1 saturated heterocycles. The summed E-state index contributed by atoms with van der Waals surface area (Å²) >= 11 is 5.82. The van der Waals surface area contributed by atoms with E-state index in [1.165, 1.54) is 6.33 Å². The lowest BCUT2D eigenvalue weighted by Gasteiger charge is -2.27. The molecule has 0 amide bonds. The molecule has 1 aliphatic heterocycles. The van der Waals surface area contributed by atoms with Gasteiger partial charge in [-0.25, -0.2) is 9.97 Å². The van der Waals surface area contributed by atoms with Crippen molar-refractivity contribution in [1.29, 1.82) is 0 Å². The van der Waals surface area contributed by atoms with Crippen LogP contribution in [0.2, 0.25) is 5.02 Å². The second-order valence-electron chi connectivity index (χ2n) is 2.60. The van der Waals surface area contributed by atoms with Gasteiger partial charge < -0.3 is 10.1 Å². The number of rotatable bonds is 2. The molecule has 12 heavy (non-hydrogen) atoms. The van der Waals surface area contributed by atoms with Crippen LogP contribution in [-0.2, 0) is 4.74 Å². The molecule has 1 aromatic rings. The lowest BCUT2D eigenvalue weighted by molar-refractivity contribution is 0.0209. The Kier molecular flexibility index (Phi) is 2.10. The van der Waals surface area contributed by atoms with Gasteiger partial charge >= 0.3 is 0 Å². The number of hydrogen-bond acceptors (Lipinski definition) is 4. The van der Waals surface area contributed by atoms with Crippen molar-refractivity contribution in [1.82, 2.24) is 9.97 Å². The molecular formula is C7H8ClN3O. The summed E-state index contributed by atoms with van der Waals surface area (Å²) in [5.74, 6) is 0.681. The molecule has 0 aromatic carbocycles. The highest BCUT2D eigenvalue weighted by Gasteiger charge is 2.19. The van der Waals surface area contributed by atoms with Crippen LogP contribution in [0.5, 0.6) is 0 Å². The van der Waals surface area contributed by atoms with Crippen molar-refractivity contribution >= 4 is 17.4 Å². The molecule has 2 heterocycles. The predicted octanol–water partition coefficient (Wildman–Crippen LogP) is 0.941. The van der Waals surface area contributed by atoms with Crippen LogP contribution in [0.25, 0.3) is 0 Å². The van der Waals surface area contributed by atoms with E-state index in [0.717, 1.165) is 13.2 Å². The summed E-state index contributed by atoms with van der Waals surface area (Å²) in [5.41, 5.74) is 0. The molecule has 1 fully saturated rings. The quantitative estimate of drug-likeness (QED) is 0.745. The number of nitrogens with one attached hydrogen (secondary N) is 1. The van der Waals surface area contributed by atoms with Crippen molar-refractivity contribution in [3.63, 3.8) is 0 Å². The van der Waals surface area contributed by atoms with E-state index in [-0.39, 0.29) is 0 Å². The van der Waals surface area contributed by atoms with Crippen LogP contribution >= 0.6 is 11.6 Å². The molecule has 4 nitrogen and oxygen atoms in total. The minimum atomic E-state index is 0.345. The van der Waals surface area contributed by atoms with Crippen molar-refractivity contribution in [2.75, 3.05) is 18.5 Å². The molecule has 0 bridgehead atoms. The number of halogens is 1. The van der Waals surface area contributed by atoms with Gasteiger partial charge in [0.2, 0.25) is 0 Å². The van der Waals surface area contributed by atoms with E-state index in [9.17, 15) is 0 Å². The van der Waals surface area contributed by atoms with E-state index in [4.69, 9.17) is 16.3 Å². The first-order valence-electron chi connectivity index (χ1n) is 3.66. The Morgan fingerprint density at radius 2 is 2.42 bits per heavy atom. The van der Waals surface area contributed by atoms with Crippen molar-refractivity contribution in [2.45, 2.75) is 6.04 Å². The highest BCUT2D eigenvalue weighted by Crippen LogP contribution is 2.18. The zero-order valence-corrected chi connectivity index (χ0v) is 7.08. The van der Waals surface area contributed by atoms with Crippen LogP contribution in [0.3, 0.4) is 0 Å². The largest absolute Gasteiger partial charge is 0.377 e. The molecule has 0 unspecified atom stereocenters. The van der Waals surface area contributed by atoms with Crippen LogP contribution in [0.15, 0.2) is 12.5 Å². The summed E-state index contributed by atoms with van der Waals surface area (Å²) in [6.45, 7) is 1.45. The van der Waals surface area contributed by atoms with Gasteiger partial charge in [0.1, 0.15) is 17.2 Å². The molecular weight excluding hydrogens is 178 g/mol. The van der Waals surface area contributed by atoms with Gasteiger partial charge in [0.05, 0.1) is 25.5 Å². The molecule has 64 valence electrons. The summed E-state index contributed by atoms with van der Waals surface area (Å²) in [4.78, 5) is 7.77. The van der Waals surface area contributed by atoms with E-state index in [0.29, 0.717) is 16.9 Å². The molecule has 0 radical (unpaired) electrons. The number of anilines is 1. The third kappa shape index (κ3) is 1.49. The molecule has 0 aliphatic carbocycles. The summed E-state index contributed by atoms with van der Waals surface area (Å²) in [6.07, 6.45) is 3.03. The van der Waals surface area contributed by atoms with Crippen LogP contribution in [0.1, 0.15) is 0 Å². The summed E-state index contributed by atoms with van der Waals surface area (Å²) < 4.78 is 5.00. The zero-order valence-electron chi connectivity index (χ0n) is 6.33. The van der Waals surface area contributed by atoms with Crippen molar-refractivity contribution < 1.29 is 4.74 Å². The Bertz CT molecular complexity index is 277. The van der Waals surface area contributed by atoms with Crippen LogP contribution in [0, 0.1) is 0 Å². The fraction of sp³-hybridized carbons (Fsp3) is 0.429. The van der Waals surface area contributed by atoms with Gasteiger partial charge in [-0.2, -0.15) is 0 Å². The minimum absolute atomic E-state index is 0.345. The molecule has 0 spiro atoms. The van der Waals surface area contributed by atoms with Gasteiger partial charge in [-0.15, -0.1) is 0 Å². The maximum absolute atomic E-state index is 5.82. The average Bonchev–Trinajstić information content (AvgIpc) is 2.00. The van der Waals surface area contributed by atoms with Gasteiger partial charge in [0, 0.05) is 0 Å². The lowest BCUT2D eigenvalue weighted by atomic mass is 10.2. The normalized spacial score (nSPS) is 17.1. The van der Waals surface area contributed by atoms with Gasteiger partial charge in [-0.05, 0) is 0 Å². The molecule has 1 aliphatic rings. The second-order valence-corrected chi connectivity index (χ2v) is 3.01. The molecule has 1 aromatic heterocycles. The summed E-state index contributed by atoms with van der Waals surface area (Å²) in [7, 11) is 0. The van der Waals surface area contributed by atoms with Gasteiger partial charge in [-0.3, -0.25) is 0 Å². The fourth-order valence-corrected chi connectivity index (χ4v) is 1.09. The third-order valence-corrected chi connectivity index (χ3v) is 1.92. The Morgan fingerprint density at radius 3 is 3.00 bits per heavy atom.